The fourth-order valence-corrected chi connectivity index (χ4v) is 3.41. The Morgan fingerprint density at radius 3 is 1.83 bits per heavy atom. The van der Waals surface area contributed by atoms with Crippen molar-refractivity contribution in [3.8, 4) is 0 Å². The summed E-state index contributed by atoms with van der Waals surface area (Å²) < 4.78 is 0. The van der Waals surface area contributed by atoms with E-state index < -0.39 is 5.54 Å². The molecule has 0 aromatic heterocycles. The number of amidine groups is 1. The molecule has 0 atom stereocenters. The Kier molecular flexibility index (Phi) is 3.23. The van der Waals surface area contributed by atoms with Crippen LogP contribution in [-0.4, -0.2) is 5.84 Å². The molecule has 2 nitrogen and oxygen atoms in total. The summed E-state index contributed by atoms with van der Waals surface area (Å²) >= 11 is 0. The fraction of sp³-hybridized carbons (Fsp3) is 0.0952. The van der Waals surface area contributed by atoms with Crippen molar-refractivity contribution in [1.29, 1.82) is 0 Å². The van der Waals surface area contributed by atoms with E-state index in [0.29, 0.717) is 0 Å². The number of fused-ring (bicyclic) bond motifs is 1. The van der Waals surface area contributed by atoms with Crippen LogP contribution in [0.1, 0.15) is 23.6 Å². The molecular formula is C21H18N2. The zero-order valence-electron chi connectivity index (χ0n) is 13.0. The molecule has 3 aromatic rings. The summed E-state index contributed by atoms with van der Waals surface area (Å²) in [5.74, 6) is 0.927. The van der Waals surface area contributed by atoms with Gasteiger partial charge in [-0.15, -0.1) is 0 Å². The van der Waals surface area contributed by atoms with Gasteiger partial charge in [-0.2, -0.15) is 0 Å². The molecule has 0 bridgehead atoms. The Hall–Kier alpha value is -2.87. The summed E-state index contributed by atoms with van der Waals surface area (Å²) in [6.07, 6.45) is 0. The van der Waals surface area contributed by atoms with Gasteiger partial charge in [0.1, 0.15) is 5.54 Å². The highest BCUT2D eigenvalue weighted by molar-refractivity contribution is 5.97. The summed E-state index contributed by atoms with van der Waals surface area (Å²) in [5, 5.41) is 3.40. The molecule has 0 spiro atoms. The summed E-state index contributed by atoms with van der Waals surface area (Å²) in [6.45, 7) is 2.02. The SMILES string of the molecule is CC1=NC(c2ccccc2)(c2ccccc2)c2ccccc2N1. The van der Waals surface area contributed by atoms with Crippen LogP contribution in [0.5, 0.6) is 0 Å². The minimum atomic E-state index is -0.506. The fourth-order valence-electron chi connectivity index (χ4n) is 3.41. The van der Waals surface area contributed by atoms with E-state index in [1.807, 2.05) is 19.1 Å². The Balaban J connectivity index is 2.10. The zero-order valence-corrected chi connectivity index (χ0v) is 13.0. The first kappa shape index (κ1) is 13.8. The number of nitrogens with one attached hydrogen (secondary N) is 1. The molecule has 1 aliphatic rings. The largest absolute Gasteiger partial charge is 0.344 e. The van der Waals surface area contributed by atoms with E-state index in [2.05, 4.69) is 78.1 Å². The van der Waals surface area contributed by atoms with Crippen molar-refractivity contribution in [3.05, 3.63) is 102 Å². The summed E-state index contributed by atoms with van der Waals surface area (Å²) in [7, 11) is 0. The van der Waals surface area contributed by atoms with Crippen molar-refractivity contribution in [1.82, 2.24) is 0 Å². The van der Waals surface area contributed by atoms with Gasteiger partial charge in [-0.25, -0.2) is 0 Å². The van der Waals surface area contributed by atoms with Crippen LogP contribution in [-0.2, 0) is 5.54 Å². The topological polar surface area (TPSA) is 24.4 Å². The molecular weight excluding hydrogens is 280 g/mol. The van der Waals surface area contributed by atoms with Gasteiger partial charge in [0.25, 0.3) is 0 Å². The third kappa shape index (κ3) is 2.15. The standard InChI is InChI=1S/C21H18N2/c1-16-22-20-15-9-8-14-19(20)21(23-16,17-10-4-2-5-11-17)18-12-6-3-7-13-18/h2-15H,1H3,(H,22,23). The molecule has 1 N–H and O–H groups in total. The highest BCUT2D eigenvalue weighted by Gasteiger charge is 2.40. The van der Waals surface area contributed by atoms with Crippen LogP contribution in [0.4, 0.5) is 5.69 Å². The molecule has 0 fully saturated rings. The van der Waals surface area contributed by atoms with E-state index in [1.54, 1.807) is 0 Å². The summed E-state index contributed by atoms with van der Waals surface area (Å²) in [4.78, 5) is 5.10. The number of rotatable bonds is 2. The first-order chi connectivity index (χ1) is 11.3. The Bertz CT molecular complexity index is 812. The van der Waals surface area contributed by atoms with Crippen LogP contribution in [0.15, 0.2) is 89.9 Å². The van der Waals surface area contributed by atoms with Gasteiger partial charge < -0.3 is 5.32 Å². The van der Waals surface area contributed by atoms with Gasteiger partial charge in [0.15, 0.2) is 0 Å². The molecule has 0 saturated carbocycles. The average molecular weight is 298 g/mol. The second-order valence-corrected chi connectivity index (χ2v) is 5.81. The van der Waals surface area contributed by atoms with Gasteiger partial charge in [-0.3, -0.25) is 4.99 Å². The van der Waals surface area contributed by atoms with Crippen molar-refractivity contribution < 1.29 is 0 Å². The lowest BCUT2D eigenvalue weighted by atomic mass is 9.76. The van der Waals surface area contributed by atoms with Gasteiger partial charge in [-0.1, -0.05) is 78.9 Å². The number of aliphatic imine (C=N–C) groups is 1. The van der Waals surface area contributed by atoms with Gasteiger partial charge in [0.2, 0.25) is 0 Å². The van der Waals surface area contributed by atoms with Gasteiger partial charge >= 0.3 is 0 Å². The molecule has 0 unspecified atom stereocenters. The quantitative estimate of drug-likeness (QED) is 0.720. The molecule has 0 aliphatic carbocycles. The molecule has 1 aliphatic heterocycles. The first-order valence-electron chi connectivity index (χ1n) is 7.85. The summed E-state index contributed by atoms with van der Waals surface area (Å²) in [5.41, 5.74) is 4.16. The van der Waals surface area contributed by atoms with Crippen LogP contribution < -0.4 is 5.32 Å². The number of hydrogen-bond donors (Lipinski definition) is 1. The van der Waals surface area contributed by atoms with Crippen molar-refractivity contribution in [2.24, 2.45) is 4.99 Å². The molecule has 0 amide bonds. The molecule has 0 radical (unpaired) electrons. The van der Waals surface area contributed by atoms with E-state index in [-0.39, 0.29) is 0 Å². The highest BCUT2D eigenvalue weighted by Crippen LogP contribution is 2.45. The molecule has 2 heteroatoms. The predicted octanol–water partition coefficient (Wildman–Crippen LogP) is 4.82. The lowest BCUT2D eigenvalue weighted by molar-refractivity contribution is 0.651. The van der Waals surface area contributed by atoms with Crippen molar-refractivity contribution in [3.63, 3.8) is 0 Å². The monoisotopic (exact) mass is 298 g/mol. The molecule has 1 heterocycles. The van der Waals surface area contributed by atoms with Gasteiger partial charge in [0, 0.05) is 11.3 Å². The van der Waals surface area contributed by atoms with E-state index in [4.69, 9.17) is 4.99 Å². The maximum Gasteiger partial charge on any atom is 0.140 e. The van der Waals surface area contributed by atoms with E-state index in [0.717, 1.165) is 11.5 Å². The molecule has 3 aromatic carbocycles. The van der Waals surface area contributed by atoms with Crippen LogP contribution in [0.3, 0.4) is 0 Å². The van der Waals surface area contributed by atoms with Crippen LogP contribution >= 0.6 is 0 Å². The van der Waals surface area contributed by atoms with Gasteiger partial charge in [-0.05, 0) is 24.1 Å². The van der Waals surface area contributed by atoms with E-state index in [9.17, 15) is 0 Å². The second-order valence-electron chi connectivity index (χ2n) is 5.81. The zero-order chi connectivity index (χ0) is 15.7. The third-order valence-corrected chi connectivity index (χ3v) is 4.35. The Morgan fingerprint density at radius 2 is 1.22 bits per heavy atom. The van der Waals surface area contributed by atoms with E-state index >= 15 is 0 Å². The minimum absolute atomic E-state index is 0.506. The second kappa shape index (κ2) is 5.40. The molecule has 4 rings (SSSR count). The summed E-state index contributed by atoms with van der Waals surface area (Å²) in [6, 6.07) is 29.5. The van der Waals surface area contributed by atoms with Crippen molar-refractivity contribution in [2.75, 3.05) is 5.32 Å². The average Bonchev–Trinajstić information content (AvgIpc) is 2.62. The Labute approximate surface area is 136 Å². The minimum Gasteiger partial charge on any atom is -0.344 e. The van der Waals surface area contributed by atoms with Crippen LogP contribution in [0.2, 0.25) is 0 Å². The first-order valence-corrected chi connectivity index (χ1v) is 7.85. The Morgan fingerprint density at radius 1 is 0.696 bits per heavy atom. The molecule has 23 heavy (non-hydrogen) atoms. The maximum absolute atomic E-state index is 5.10. The molecule has 0 saturated heterocycles. The number of para-hydroxylation sites is 1. The lowest BCUT2D eigenvalue weighted by Gasteiger charge is -2.37. The van der Waals surface area contributed by atoms with Crippen LogP contribution in [0.25, 0.3) is 0 Å². The maximum atomic E-state index is 5.10. The number of nitrogens with zero attached hydrogens (tertiary/aromatic N) is 1. The van der Waals surface area contributed by atoms with Crippen molar-refractivity contribution in [2.45, 2.75) is 12.5 Å². The van der Waals surface area contributed by atoms with E-state index in [1.165, 1.54) is 16.7 Å². The molecule has 112 valence electrons. The smallest absolute Gasteiger partial charge is 0.140 e. The predicted molar refractivity (Wildman–Crippen MR) is 95.9 cm³/mol. The van der Waals surface area contributed by atoms with Gasteiger partial charge in [0.05, 0.1) is 5.84 Å². The highest BCUT2D eigenvalue weighted by atomic mass is 15.1. The van der Waals surface area contributed by atoms with Crippen molar-refractivity contribution >= 4 is 11.5 Å². The number of anilines is 1. The third-order valence-electron chi connectivity index (χ3n) is 4.35. The lowest BCUT2D eigenvalue weighted by Crippen LogP contribution is -2.34. The number of hydrogen-bond acceptors (Lipinski definition) is 2. The van der Waals surface area contributed by atoms with Crippen LogP contribution in [0, 0.1) is 0 Å². The number of benzene rings is 3. The normalized spacial score (nSPS) is 15.3.